The summed E-state index contributed by atoms with van der Waals surface area (Å²) in [7, 11) is 0. The summed E-state index contributed by atoms with van der Waals surface area (Å²) in [6.07, 6.45) is 5.34. The Morgan fingerprint density at radius 1 is 1.35 bits per heavy atom. The Balaban J connectivity index is 2.15. The molecular formula is C17H24ClNO. The summed E-state index contributed by atoms with van der Waals surface area (Å²) in [5, 5.41) is 0. The van der Waals surface area contributed by atoms with Crippen LogP contribution < -0.4 is 0 Å². The first-order valence-electron chi connectivity index (χ1n) is 7.70. The number of unbranched alkanes of at least 4 members (excludes halogenated alkanes) is 1. The van der Waals surface area contributed by atoms with Crippen LogP contribution in [0.25, 0.3) is 0 Å². The Morgan fingerprint density at radius 3 is 2.90 bits per heavy atom. The molecule has 0 bridgehead atoms. The van der Waals surface area contributed by atoms with Crippen molar-refractivity contribution in [1.29, 1.82) is 0 Å². The zero-order chi connectivity index (χ0) is 14.4. The lowest BCUT2D eigenvalue weighted by Gasteiger charge is -2.30. The van der Waals surface area contributed by atoms with E-state index in [1.807, 2.05) is 11.0 Å². The van der Waals surface area contributed by atoms with Crippen LogP contribution >= 0.6 is 11.6 Å². The smallest absolute Gasteiger partial charge is 0.230 e. The van der Waals surface area contributed by atoms with Crippen LogP contribution in [0.15, 0.2) is 24.3 Å². The van der Waals surface area contributed by atoms with Crippen molar-refractivity contribution >= 4 is 17.5 Å². The molecule has 0 N–H and O–H groups in total. The van der Waals surface area contributed by atoms with E-state index in [1.54, 1.807) is 0 Å². The van der Waals surface area contributed by atoms with E-state index in [-0.39, 0.29) is 11.8 Å². The summed E-state index contributed by atoms with van der Waals surface area (Å²) >= 11 is 5.86. The molecule has 0 heterocycles. The molecular weight excluding hydrogens is 270 g/mol. The number of carbonyl (C=O) groups excluding carboxylic acids is 1. The molecule has 1 unspecified atom stereocenters. The molecule has 0 spiro atoms. The SMILES string of the molecule is CCCCN(CCCl)C(=O)C1CCCc2ccccc21. The number of nitrogens with zero attached hydrogens (tertiary/aromatic N) is 1. The molecule has 20 heavy (non-hydrogen) atoms. The van der Waals surface area contributed by atoms with Crippen molar-refractivity contribution in [3.8, 4) is 0 Å². The highest BCUT2D eigenvalue weighted by molar-refractivity contribution is 6.18. The van der Waals surface area contributed by atoms with E-state index in [9.17, 15) is 4.79 Å². The number of fused-ring (bicyclic) bond motifs is 1. The Labute approximate surface area is 127 Å². The van der Waals surface area contributed by atoms with Crippen LogP contribution in [0.3, 0.4) is 0 Å². The van der Waals surface area contributed by atoms with Gasteiger partial charge in [-0.25, -0.2) is 0 Å². The van der Waals surface area contributed by atoms with Crippen molar-refractivity contribution in [2.24, 2.45) is 0 Å². The summed E-state index contributed by atoms with van der Waals surface area (Å²) < 4.78 is 0. The molecule has 110 valence electrons. The lowest BCUT2D eigenvalue weighted by atomic mass is 9.82. The van der Waals surface area contributed by atoms with Gasteiger partial charge in [0.2, 0.25) is 5.91 Å². The lowest BCUT2D eigenvalue weighted by molar-refractivity contribution is -0.133. The predicted octanol–water partition coefficient (Wildman–Crippen LogP) is 3.97. The van der Waals surface area contributed by atoms with Gasteiger partial charge in [0.05, 0.1) is 5.92 Å². The Bertz CT molecular complexity index is 446. The normalized spacial score (nSPS) is 17.6. The Kier molecular flexibility index (Phi) is 5.90. The van der Waals surface area contributed by atoms with Gasteiger partial charge in [-0.15, -0.1) is 11.6 Å². The third-order valence-corrected chi connectivity index (χ3v) is 4.28. The number of benzene rings is 1. The highest BCUT2D eigenvalue weighted by atomic mass is 35.5. The summed E-state index contributed by atoms with van der Waals surface area (Å²) in [5.74, 6) is 0.829. The maximum Gasteiger partial charge on any atom is 0.230 e. The first kappa shape index (κ1) is 15.4. The van der Waals surface area contributed by atoms with E-state index < -0.39 is 0 Å². The molecule has 0 saturated carbocycles. The third-order valence-electron chi connectivity index (χ3n) is 4.12. The summed E-state index contributed by atoms with van der Waals surface area (Å²) in [5.41, 5.74) is 2.58. The van der Waals surface area contributed by atoms with E-state index in [4.69, 9.17) is 11.6 Å². The number of amides is 1. The van der Waals surface area contributed by atoms with Gasteiger partial charge in [-0.2, -0.15) is 0 Å². The Morgan fingerprint density at radius 2 is 2.15 bits per heavy atom. The lowest BCUT2D eigenvalue weighted by Crippen LogP contribution is -2.38. The van der Waals surface area contributed by atoms with Gasteiger partial charge in [0, 0.05) is 19.0 Å². The van der Waals surface area contributed by atoms with E-state index in [0.717, 1.165) is 38.6 Å². The van der Waals surface area contributed by atoms with Crippen molar-refractivity contribution in [1.82, 2.24) is 4.90 Å². The number of halogens is 1. The molecule has 0 aliphatic heterocycles. The number of aryl methyl sites for hydroxylation is 1. The average molecular weight is 294 g/mol. The van der Waals surface area contributed by atoms with Crippen LogP contribution in [0, 0.1) is 0 Å². The van der Waals surface area contributed by atoms with Gasteiger partial charge in [0.15, 0.2) is 0 Å². The van der Waals surface area contributed by atoms with Crippen LogP contribution in [0.4, 0.5) is 0 Å². The van der Waals surface area contributed by atoms with Crippen molar-refractivity contribution < 1.29 is 4.79 Å². The van der Waals surface area contributed by atoms with Crippen molar-refractivity contribution in [3.63, 3.8) is 0 Å². The summed E-state index contributed by atoms with van der Waals surface area (Å²) in [4.78, 5) is 14.8. The van der Waals surface area contributed by atoms with Crippen LogP contribution in [0.5, 0.6) is 0 Å². The summed E-state index contributed by atoms with van der Waals surface area (Å²) in [6, 6.07) is 8.39. The second-order valence-electron chi connectivity index (χ2n) is 5.51. The Hall–Kier alpha value is -1.02. The topological polar surface area (TPSA) is 20.3 Å². The predicted molar refractivity (Wildman–Crippen MR) is 84.3 cm³/mol. The first-order valence-corrected chi connectivity index (χ1v) is 8.24. The average Bonchev–Trinajstić information content (AvgIpc) is 2.50. The molecule has 0 saturated heterocycles. The molecule has 1 aromatic carbocycles. The van der Waals surface area contributed by atoms with Gasteiger partial charge in [-0.05, 0) is 36.8 Å². The molecule has 2 rings (SSSR count). The zero-order valence-electron chi connectivity index (χ0n) is 12.3. The molecule has 2 nitrogen and oxygen atoms in total. The standard InChI is InChI=1S/C17H24ClNO/c1-2-3-12-19(13-11-18)17(20)16-10-6-8-14-7-4-5-9-15(14)16/h4-5,7,9,16H,2-3,6,8,10-13H2,1H3. The highest BCUT2D eigenvalue weighted by Crippen LogP contribution is 2.32. The van der Waals surface area contributed by atoms with Gasteiger partial charge in [-0.3, -0.25) is 4.79 Å². The maximum atomic E-state index is 12.8. The van der Waals surface area contributed by atoms with Crippen LogP contribution in [-0.2, 0) is 11.2 Å². The zero-order valence-corrected chi connectivity index (χ0v) is 13.0. The van der Waals surface area contributed by atoms with Crippen molar-refractivity contribution in [2.45, 2.75) is 44.9 Å². The number of hydrogen-bond acceptors (Lipinski definition) is 1. The second-order valence-corrected chi connectivity index (χ2v) is 5.89. The molecule has 1 aliphatic rings. The largest absolute Gasteiger partial charge is 0.341 e. The highest BCUT2D eigenvalue weighted by Gasteiger charge is 2.29. The molecule has 1 aliphatic carbocycles. The molecule has 0 fully saturated rings. The van der Waals surface area contributed by atoms with Gasteiger partial charge in [0.1, 0.15) is 0 Å². The minimum absolute atomic E-state index is 0.0417. The molecule has 3 heteroatoms. The second kappa shape index (κ2) is 7.68. The fourth-order valence-corrected chi connectivity index (χ4v) is 3.22. The van der Waals surface area contributed by atoms with Crippen molar-refractivity contribution in [2.75, 3.05) is 19.0 Å². The fraction of sp³-hybridized carbons (Fsp3) is 0.588. The van der Waals surface area contributed by atoms with Gasteiger partial charge >= 0.3 is 0 Å². The van der Waals surface area contributed by atoms with E-state index in [1.165, 1.54) is 11.1 Å². The number of alkyl halides is 1. The minimum Gasteiger partial charge on any atom is -0.341 e. The van der Waals surface area contributed by atoms with Crippen molar-refractivity contribution in [3.05, 3.63) is 35.4 Å². The molecule has 1 atom stereocenters. The number of rotatable bonds is 6. The van der Waals surface area contributed by atoms with Gasteiger partial charge in [-0.1, -0.05) is 37.6 Å². The fourth-order valence-electron chi connectivity index (χ4n) is 3.01. The summed E-state index contributed by atoms with van der Waals surface area (Å²) in [6.45, 7) is 3.65. The van der Waals surface area contributed by atoms with Gasteiger partial charge < -0.3 is 4.90 Å². The third kappa shape index (κ3) is 3.54. The van der Waals surface area contributed by atoms with E-state index in [2.05, 4.69) is 25.1 Å². The molecule has 0 radical (unpaired) electrons. The monoisotopic (exact) mass is 293 g/mol. The van der Waals surface area contributed by atoms with E-state index >= 15 is 0 Å². The molecule has 0 aromatic heterocycles. The number of hydrogen-bond donors (Lipinski definition) is 0. The quantitative estimate of drug-likeness (QED) is 0.727. The maximum absolute atomic E-state index is 12.8. The number of carbonyl (C=O) groups is 1. The van der Waals surface area contributed by atoms with E-state index in [0.29, 0.717) is 12.4 Å². The molecule has 1 aromatic rings. The van der Waals surface area contributed by atoms with Crippen LogP contribution in [0.2, 0.25) is 0 Å². The van der Waals surface area contributed by atoms with Gasteiger partial charge in [0.25, 0.3) is 0 Å². The first-order chi connectivity index (χ1) is 9.77. The molecule has 1 amide bonds. The van der Waals surface area contributed by atoms with Crippen LogP contribution in [-0.4, -0.2) is 29.8 Å². The minimum atomic E-state index is 0.0417. The van der Waals surface area contributed by atoms with Crippen LogP contribution in [0.1, 0.15) is 49.7 Å².